The molecule has 3 nitrogen and oxygen atoms in total. The number of benzene rings is 1. The van der Waals surface area contributed by atoms with Crippen molar-refractivity contribution in [2.75, 3.05) is 12.9 Å². The van der Waals surface area contributed by atoms with Gasteiger partial charge in [-0.1, -0.05) is 15.9 Å². The van der Waals surface area contributed by atoms with E-state index in [2.05, 4.69) is 20.9 Å². The van der Waals surface area contributed by atoms with Gasteiger partial charge in [0.05, 0.1) is 6.61 Å². The number of halogens is 1. The molecule has 100 valence electrons. The van der Waals surface area contributed by atoms with Crippen molar-refractivity contribution in [2.45, 2.75) is 6.92 Å². The SMILES string of the molecule is CCOc1ccc(Br)c(/C=C2\N=C(SC)SC2=O)c1. The van der Waals surface area contributed by atoms with Gasteiger partial charge in [0.15, 0.2) is 0 Å². The van der Waals surface area contributed by atoms with E-state index in [1.54, 1.807) is 6.08 Å². The van der Waals surface area contributed by atoms with Gasteiger partial charge in [0.2, 0.25) is 5.12 Å². The third-order valence-electron chi connectivity index (χ3n) is 2.35. The molecule has 2 rings (SSSR count). The molecular formula is C13H12BrNO2S2. The summed E-state index contributed by atoms with van der Waals surface area (Å²) in [6.45, 7) is 2.55. The third kappa shape index (κ3) is 3.64. The lowest BCUT2D eigenvalue weighted by Gasteiger charge is -2.05. The molecule has 1 aromatic rings. The Labute approximate surface area is 129 Å². The lowest BCUT2D eigenvalue weighted by molar-refractivity contribution is -0.107. The van der Waals surface area contributed by atoms with Crippen LogP contribution in [0.25, 0.3) is 6.08 Å². The molecule has 0 aromatic heterocycles. The Kier molecular flexibility index (Phi) is 5.13. The van der Waals surface area contributed by atoms with Crippen LogP contribution < -0.4 is 4.74 Å². The molecule has 0 aliphatic carbocycles. The summed E-state index contributed by atoms with van der Waals surface area (Å²) < 4.78 is 7.15. The van der Waals surface area contributed by atoms with Gasteiger partial charge < -0.3 is 4.74 Å². The topological polar surface area (TPSA) is 38.7 Å². The number of hydrogen-bond donors (Lipinski definition) is 0. The summed E-state index contributed by atoms with van der Waals surface area (Å²) >= 11 is 6.12. The second-order valence-corrected chi connectivity index (χ2v) is 6.49. The quantitative estimate of drug-likeness (QED) is 0.760. The number of nitrogens with zero attached hydrogens (tertiary/aromatic N) is 1. The van der Waals surface area contributed by atoms with Crippen LogP contribution in [0.4, 0.5) is 0 Å². The maximum Gasteiger partial charge on any atom is 0.244 e. The maximum atomic E-state index is 11.8. The van der Waals surface area contributed by atoms with Gasteiger partial charge in [-0.15, -0.1) is 11.8 Å². The molecule has 0 amide bonds. The van der Waals surface area contributed by atoms with E-state index in [1.807, 2.05) is 31.4 Å². The highest BCUT2D eigenvalue weighted by Gasteiger charge is 2.21. The van der Waals surface area contributed by atoms with Crippen LogP contribution in [0, 0.1) is 0 Å². The summed E-state index contributed by atoms with van der Waals surface area (Å²) in [4.78, 5) is 16.1. The van der Waals surface area contributed by atoms with Crippen LogP contribution >= 0.6 is 39.5 Å². The fourth-order valence-corrected chi connectivity index (χ4v) is 3.14. The number of thioether (sulfide) groups is 2. The average molecular weight is 358 g/mol. The monoisotopic (exact) mass is 357 g/mol. The Hall–Kier alpha value is -0.720. The minimum atomic E-state index is -0.0157. The van der Waals surface area contributed by atoms with Crippen LogP contribution in [0.1, 0.15) is 12.5 Å². The zero-order valence-corrected chi connectivity index (χ0v) is 13.7. The zero-order chi connectivity index (χ0) is 13.8. The maximum absolute atomic E-state index is 11.8. The molecule has 1 aliphatic heterocycles. The Morgan fingerprint density at radius 3 is 2.95 bits per heavy atom. The highest BCUT2D eigenvalue weighted by atomic mass is 79.9. The highest BCUT2D eigenvalue weighted by Crippen LogP contribution is 2.32. The van der Waals surface area contributed by atoms with Crippen molar-refractivity contribution in [1.29, 1.82) is 0 Å². The highest BCUT2D eigenvalue weighted by molar-refractivity contribution is 9.10. The van der Waals surface area contributed by atoms with Crippen molar-refractivity contribution in [3.8, 4) is 5.75 Å². The molecule has 6 heteroatoms. The van der Waals surface area contributed by atoms with Crippen molar-refractivity contribution in [3.63, 3.8) is 0 Å². The normalized spacial score (nSPS) is 16.9. The zero-order valence-electron chi connectivity index (χ0n) is 10.5. The van der Waals surface area contributed by atoms with Crippen molar-refractivity contribution in [1.82, 2.24) is 0 Å². The molecule has 0 N–H and O–H groups in total. The van der Waals surface area contributed by atoms with Crippen molar-refractivity contribution in [2.24, 2.45) is 4.99 Å². The van der Waals surface area contributed by atoms with E-state index in [0.29, 0.717) is 12.3 Å². The van der Waals surface area contributed by atoms with Crippen molar-refractivity contribution >= 4 is 55.0 Å². The second-order valence-electron chi connectivity index (χ2n) is 3.62. The number of carbonyl (C=O) groups is 1. The van der Waals surface area contributed by atoms with E-state index < -0.39 is 0 Å². The molecular weight excluding hydrogens is 346 g/mol. The minimum absolute atomic E-state index is 0.0157. The minimum Gasteiger partial charge on any atom is -0.494 e. The fourth-order valence-electron chi connectivity index (χ4n) is 1.51. The van der Waals surface area contributed by atoms with Gasteiger partial charge in [-0.2, -0.15) is 0 Å². The first-order valence-electron chi connectivity index (χ1n) is 5.63. The molecule has 0 unspecified atom stereocenters. The first-order chi connectivity index (χ1) is 9.13. The average Bonchev–Trinajstić information content (AvgIpc) is 2.75. The molecule has 19 heavy (non-hydrogen) atoms. The van der Waals surface area contributed by atoms with Crippen LogP contribution in [0.15, 0.2) is 33.4 Å². The Morgan fingerprint density at radius 2 is 2.32 bits per heavy atom. The van der Waals surface area contributed by atoms with Crippen LogP contribution in [0.3, 0.4) is 0 Å². The van der Waals surface area contributed by atoms with E-state index in [9.17, 15) is 4.79 Å². The predicted octanol–water partition coefficient (Wildman–Crippen LogP) is 4.18. The summed E-state index contributed by atoms with van der Waals surface area (Å²) in [5.74, 6) is 0.782. The first-order valence-corrected chi connectivity index (χ1v) is 8.46. The van der Waals surface area contributed by atoms with E-state index in [-0.39, 0.29) is 5.12 Å². The van der Waals surface area contributed by atoms with E-state index >= 15 is 0 Å². The van der Waals surface area contributed by atoms with Gasteiger partial charge in [-0.3, -0.25) is 4.79 Å². The van der Waals surface area contributed by atoms with E-state index in [1.165, 1.54) is 23.5 Å². The molecule has 0 saturated carbocycles. The van der Waals surface area contributed by atoms with E-state index in [4.69, 9.17) is 4.74 Å². The lowest BCUT2D eigenvalue weighted by Crippen LogP contribution is -1.93. The number of hydrogen-bond acceptors (Lipinski definition) is 5. The standard InChI is InChI=1S/C13H12BrNO2S2/c1-3-17-9-4-5-10(14)8(6-9)7-11-12(16)19-13(15-11)18-2/h4-7H,3H2,1-2H3/b11-7-. The number of aliphatic imine (C=N–C) groups is 1. The molecule has 0 atom stereocenters. The second kappa shape index (κ2) is 6.63. The Morgan fingerprint density at radius 1 is 1.53 bits per heavy atom. The van der Waals surface area contributed by atoms with Crippen molar-refractivity contribution in [3.05, 3.63) is 33.9 Å². The lowest BCUT2D eigenvalue weighted by atomic mass is 10.2. The summed E-state index contributed by atoms with van der Waals surface area (Å²) in [7, 11) is 0. The smallest absolute Gasteiger partial charge is 0.244 e. The van der Waals surface area contributed by atoms with Gasteiger partial charge in [0.1, 0.15) is 15.8 Å². The summed E-state index contributed by atoms with van der Waals surface area (Å²) in [5.41, 5.74) is 1.37. The van der Waals surface area contributed by atoms with Crippen LogP contribution in [-0.4, -0.2) is 22.4 Å². The third-order valence-corrected chi connectivity index (χ3v) is 4.92. The van der Waals surface area contributed by atoms with Gasteiger partial charge in [0.25, 0.3) is 0 Å². The summed E-state index contributed by atoms with van der Waals surface area (Å²) in [6.07, 6.45) is 3.69. The molecule has 0 radical (unpaired) electrons. The molecule has 0 bridgehead atoms. The molecule has 0 saturated heterocycles. The largest absolute Gasteiger partial charge is 0.494 e. The summed E-state index contributed by atoms with van der Waals surface area (Å²) in [5, 5.41) is -0.0157. The van der Waals surface area contributed by atoms with Gasteiger partial charge in [-0.25, -0.2) is 4.99 Å². The summed E-state index contributed by atoms with van der Waals surface area (Å²) in [6, 6.07) is 5.69. The van der Waals surface area contributed by atoms with E-state index in [0.717, 1.165) is 20.2 Å². The molecule has 1 aromatic carbocycles. The fraction of sp³-hybridized carbons (Fsp3) is 0.231. The van der Waals surface area contributed by atoms with Crippen LogP contribution in [-0.2, 0) is 4.79 Å². The molecule has 1 aliphatic rings. The van der Waals surface area contributed by atoms with Gasteiger partial charge >= 0.3 is 0 Å². The molecule has 0 spiro atoms. The Balaban J connectivity index is 2.34. The number of carbonyl (C=O) groups excluding carboxylic acids is 1. The molecule has 0 fully saturated rings. The Bertz CT molecular complexity index is 570. The first kappa shape index (κ1) is 14.7. The van der Waals surface area contributed by atoms with Gasteiger partial charge in [0, 0.05) is 4.47 Å². The van der Waals surface area contributed by atoms with Gasteiger partial charge in [-0.05, 0) is 54.8 Å². The number of rotatable bonds is 3. The predicted molar refractivity (Wildman–Crippen MR) is 86.8 cm³/mol. The van der Waals surface area contributed by atoms with Crippen molar-refractivity contribution < 1.29 is 9.53 Å². The van der Waals surface area contributed by atoms with Crippen LogP contribution in [0.2, 0.25) is 0 Å². The number of ether oxygens (including phenoxy) is 1. The molecule has 1 heterocycles. The van der Waals surface area contributed by atoms with Crippen LogP contribution in [0.5, 0.6) is 5.75 Å².